The van der Waals surface area contributed by atoms with Crippen molar-refractivity contribution in [3.05, 3.63) is 29.3 Å². The lowest BCUT2D eigenvalue weighted by molar-refractivity contribution is -0.131. The van der Waals surface area contributed by atoms with Crippen LogP contribution in [0.15, 0.2) is 18.2 Å². The van der Waals surface area contributed by atoms with Crippen LogP contribution in [0.4, 0.5) is 0 Å². The third kappa shape index (κ3) is 7.15. The number of nitrogens with one attached hydrogen (secondary N) is 2. The fourth-order valence-corrected chi connectivity index (χ4v) is 6.04. The third-order valence-electron chi connectivity index (χ3n) is 5.76. The zero-order chi connectivity index (χ0) is 26.5. The molecule has 0 radical (unpaired) electrons. The lowest BCUT2D eigenvalue weighted by atomic mass is 9.96. The van der Waals surface area contributed by atoms with Crippen molar-refractivity contribution in [2.75, 3.05) is 26.6 Å². The highest BCUT2D eigenvalue weighted by Gasteiger charge is 2.42. The lowest BCUT2D eigenvalue weighted by Crippen LogP contribution is -2.49. The van der Waals surface area contributed by atoms with E-state index in [0.29, 0.717) is 12.8 Å². The molecule has 1 aromatic rings. The first-order valence-corrected chi connectivity index (χ1v) is 13.7. The van der Waals surface area contributed by atoms with Crippen LogP contribution in [0.1, 0.15) is 61.3 Å². The molecule has 0 fully saturated rings. The van der Waals surface area contributed by atoms with E-state index in [1.807, 2.05) is 27.7 Å². The van der Waals surface area contributed by atoms with Crippen LogP contribution in [0.2, 0.25) is 0 Å². The average Bonchev–Trinajstić information content (AvgIpc) is 3.01. The van der Waals surface area contributed by atoms with E-state index in [-0.39, 0.29) is 34.6 Å². The highest BCUT2D eigenvalue weighted by atomic mass is 31.2. The Hall–Kier alpha value is -2.71. The molecule has 0 saturated heterocycles. The second-order valence-corrected chi connectivity index (χ2v) is 12.1. The quantitative estimate of drug-likeness (QED) is 0.290. The Morgan fingerprint density at radius 2 is 1.69 bits per heavy atom. The van der Waals surface area contributed by atoms with Crippen LogP contribution in [0.5, 0.6) is 5.75 Å². The van der Waals surface area contributed by atoms with Crippen molar-refractivity contribution in [3.8, 4) is 5.75 Å². The number of rotatable bonds is 12. The molecule has 0 spiro atoms. The van der Waals surface area contributed by atoms with E-state index < -0.39 is 49.5 Å². The van der Waals surface area contributed by atoms with Gasteiger partial charge in [0.15, 0.2) is 0 Å². The minimum Gasteiger partial charge on any atom is -0.496 e. The Bertz CT molecular complexity index is 1020. The normalized spacial score (nSPS) is 16.7. The molecule has 1 heterocycles. The number of methoxy groups -OCH3 is 1. The van der Waals surface area contributed by atoms with Gasteiger partial charge >= 0.3 is 0 Å². The summed E-state index contributed by atoms with van der Waals surface area (Å²) in [6, 6.07) is 3.79. The van der Waals surface area contributed by atoms with Crippen LogP contribution in [0, 0.1) is 17.8 Å². The van der Waals surface area contributed by atoms with E-state index in [4.69, 9.17) is 4.74 Å². The smallest absolute Gasteiger partial charge is 0.265 e. The van der Waals surface area contributed by atoms with Crippen LogP contribution in [-0.4, -0.2) is 66.1 Å². The van der Waals surface area contributed by atoms with Gasteiger partial charge < -0.3 is 20.3 Å². The molecule has 11 heteroatoms. The maximum atomic E-state index is 13.2. The lowest BCUT2D eigenvalue weighted by Gasteiger charge is -2.26. The van der Waals surface area contributed by atoms with Gasteiger partial charge in [-0.2, -0.15) is 0 Å². The number of benzene rings is 1. The van der Waals surface area contributed by atoms with E-state index in [9.17, 15) is 28.6 Å². The predicted molar refractivity (Wildman–Crippen MR) is 131 cm³/mol. The zero-order valence-corrected chi connectivity index (χ0v) is 22.1. The number of carbonyl (C=O) groups is 4. The van der Waals surface area contributed by atoms with E-state index in [2.05, 4.69) is 10.6 Å². The summed E-state index contributed by atoms with van der Waals surface area (Å²) < 4.78 is 18.4. The fourth-order valence-electron chi connectivity index (χ4n) is 4.22. The number of ether oxygens (including phenoxy) is 1. The monoisotopic (exact) mass is 509 g/mol. The first-order chi connectivity index (χ1) is 16.3. The van der Waals surface area contributed by atoms with Crippen LogP contribution in [0.25, 0.3) is 0 Å². The molecule has 35 heavy (non-hydrogen) atoms. The molecule has 0 aliphatic carbocycles. The van der Waals surface area contributed by atoms with Gasteiger partial charge in [0, 0.05) is 19.1 Å². The SMILES string of the molecule is CNC(=O)[C@H](CC(C)C)NC(=O)[C@H](CC(C)C)CP(=O)(O)CN1C(=O)c2cccc(OC)c2C1=O. The van der Waals surface area contributed by atoms with Gasteiger partial charge in [-0.15, -0.1) is 0 Å². The molecule has 3 atom stereocenters. The number of likely N-dealkylation sites (N-methyl/N-ethyl adjacent to an activating group) is 1. The number of amides is 4. The third-order valence-corrected chi connectivity index (χ3v) is 7.50. The maximum absolute atomic E-state index is 13.2. The summed E-state index contributed by atoms with van der Waals surface area (Å²) in [4.78, 5) is 62.6. The molecule has 10 nitrogen and oxygen atoms in total. The van der Waals surface area contributed by atoms with Gasteiger partial charge in [0.05, 0.1) is 18.2 Å². The van der Waals surface area contributed by atoms with Crippen LogP contribution in [-0.2, 0) is 14.2 Å². The summed E-state index contributed by atoms with van der Waals surface area (Å²) in [6.45, 7) is 7.60. The van der Waals surface area contributed by atoms with Gasteiger partial charge in [-0.3, -0.25) is 28.6 Å². The predicted octanol–water partition coefficient (Wildman–Crippen LogP) is 2.46. The van der Waals surface area contributed by atoms with Gasteiger partial charge in [0.25, 0.3) is 11.8 Å². The first-order valence-electron chi connectivity index (χ1n) is 11.7. The molecule has 2 rings (SSSR count). The van der Waals surface area contributed by atoms with Crippen molar-refractivity contribution in [1.82, 2.24) is 15.5 Å². The van der Waals surface area contributed by atoms with Crippen molar-refractivity contribution >= 4 is 31.0 Å². The van der Waals surface area contributed by atoms with Gasteiger partial charge in [-0.1, -0.05) is 33.8 Å². The van der Waals surface area contributed by atoms with Crippen LogP contribution >= 0.6 is 7.37 Å². The molecule has 194 valence electrons. The van der Waals surface area contributed by atoms with Crippen molar-refractivity contribution in [3.63, 3.8) is 0 Å². The molecule has 0 bridgehead atoms. The Morgan fingerprint density at radius 3 is 2.23 bits per heavy atom. The zero-order valence-electron chi connectivity index (χ0n) is 21.2. The number of hydrogen-bond donors (Lipinski definition) is 3. The largest absolute Gasteiger partial charge is 0.496 e. The topological polar surface area (TPSA) is 142 Å². The molecule has 4 amide bonds. The van der Waals surface area contributed by atoms with E-state index >= 15 is 0 Å². The van der Waals surface area contributed by atoms with Crippen molar-refractivity contribution in [1.29, 1.82) is 0 Å². The Kier molecular flexibility index (Phi) is 9.63. The molecule has 3 N–H and O–H groups in total. The summed E-state index contributed by atoms with van der Waals surface area (Å²) in [5.74, 6) is -2.76. The summed E-state index contributed by atoms with van der Waals surface area (Å²) in [7, 11) is -1.31. The molecule has 1 aromatic carbocycles. The standard InChI is InChI=1S/C24H36N3O7P/c1-14(2)10-16(21(28)26-18(11-15(3)4)22(29)25-5)12-35(32,33)13-27-23(30)17-8-7-9-19(34-6)20(17)24(27)31/h7-9,14-16,18H,10-13H2,1-6H3,(H,25,29)(H,26,28)(H,32,33)/t16-,18+/m1/s1. The molecule has 1 aliphatic rings. The second kappa shape index (κ2) is 11.8. The maximum Gasteiger partial charge on any atom is 0.265 e. The number of carbonyl (C=O) groups excluding carboxylic acids is 4. The molecular formula is C24H36N3O7P. The summed E-state index contributed by atoms with van der Waals surface area (Å²) in [5, 5.41) is 5.25. The number of hydrogen-bond acceptors (Lipinski definition) is 6. The average molecular weight is 510 g/mol. The fraction of sp³-hybridized carbons (Fsp3) is 0.583. The number of nitrogens with zero attached hydrogens (tertiary/aromatic N) is 1. The molecule has 0 saturated carbocycles. The van der Waals surface area contributed by atoms with Gasteiger partial charge in [0.1, 0.15) is 18.1 Å². The van der Waals surface area contributed by atoms with Gasteiger partial charge in [0.2, 0.25) is 19.2 Å². The Balaban J connectivity index is 2.22. The molecule has 1 aliphatic heterocycles. The first kappa shape index (κ1) is 28.5. The number of fused-ring (bicyclic) bond motifs is 1. The van der Waals surface area contributed by atoms with Crippen molar-refractivity contribution in [2.45, 2.75) is 46.6 Å². The number of imide groups is 1. The highest BCUT2D eigenvalue weighted by molar-refractivity contribution is 7.58. The van der Waals surface area contributed by atoms with Gasteiger partial charge in [-0.05, 0) is 36.8 Å². The minimum absolute atomic E-state index is 0.0258. The summed E-state index contributed by atoms with van der Waals surface area (Å²) in [6.07, 6.45) is -0.430. The summed E-state index contributed by atoms with van der Waals surface area (Å²) >= 11 is 0. The highest BCUT2D eigenvalue weighted by Crippen LogP contribution is 2.46. The second-order valence-electron chi connectivity index (χ2n) is 9.72. The Labute approximate surface area is 206 Å². The van der Waals surface area contributed by atoms with E-state index in [1.165, 1.54) is 26.3 Å². The van der Waals surface area contributed by atoms with E-state index in [0.717, 1.165) is 4.90 Å². The molecule has 0 aromatic heterocycles. The molecule has 1 unspecified atom stereocenters. The van der Waals surface area contributed by atoms with Crippen LogP contribution in [0.3, 0.4) is 0 Å². The molecular weight excluding hydrogens is 473 g/mol. The minimum atomic E-state index is -4.15. The van der Waals surface area contributed by atoms with Crippen molar-refractivity contribution < 1.29 is 33.4 Å². The Morgan fingerprint density at radius 1 is 1.06 bits per heavy atom. The van der Waals surface area contributed by atoms with E-state index in [1.54, 1.807) is 6.07 Å². The van der Waals surface area contributed by atoms with Crippen LogP contribution < -0.4 is 15.4 Å². The summed E-state index contributed by atoms with van der Waals surface area (Å²) in [5.41, 5.74) is 0.159. The van der Waals surface area contributed by atoms with Crippen molar-refractivity contribution in [2.24, 2.45) is 17.8 Å². The van der Waals surface area contributed by atoms with Gasteiger partial charge in [-0.25, -0.2) is 0 Å².